The first-order valence-corrected chi connectivity index (χ1v) is 3.84. The van der Waals surface area contributed by atoms with Crippen LogP contribution < -0.4 is 0 Å². The summed E-state index contributed by atoms with van der Waals surface area (Å²) < 4.78 is 0. The zero-order valence-corrected chi connectivity index (χ0v) is 7.66. The Labute approximate surface area is 72.7 Å². The maximum absolute atomic E-state index is 11.3. The van der Waals surface area contributed by atoms with Crippen molar-refractivity contribution in [2.45, 2.75) is 13.8 Å². The molecule has 0 fully saturated rings. The first kappa shape index (κ1) is 10.6. The fourth-order valence-corrected chi connectivity index (χ4v) is 0.846. The molecule has 0 aliphatic rings. The van der Waals surface area contributed by atoms with Gasteiger partial charge in [0.2, 0.25) is 0 Å². The fraction of sp³-hybridized carbons (Fsp3) is 0.625. The van der Waals surface area contributed by atoms with Crippen molar-refractivity contribution in [2.24, 2.45) is 4.99 Å². The van der Waals surface area contributed by atoms with E-state index in [0.29, 0.717) is 13.1 Å². The molecule has 0 saturated heterocycles. The molecule has 0 aromatic carbocycles. The molecule has 0 unspecified atom stereocenters. The Morgan fingerprint density at radius 2 is 2.00 bits per heavy atom. The molecule has 12 heavy (non-hydrogen) atoms. The maximum atomic E-state index is 11.3. The van der Waals surface area contributed by atoms with Crippen LogP contribution in [0.1, 0.15) is 13.8 Å². The van der Waals surface area contributed by atoms with Crippen LogP contribution in [0.3, 0.4) is 0 Å². The lowest BCUT2D eigenvalue weighted by molar-refractivity contribution is -0.123. The Kier molecular flexibility index (Phi) is 4.70. The molecule has 0 N–H and O–H groups in total. The van der Waals surface area contributed by atoms with Gasteiger partial charge < -0.3 is 9.74 Å². The van der Waals surface area contributed by atoms with Gasteiger partial charge in [0, 0.05) is 13.1 Å². The second-order valence-corrected chi connectivity index (χ2v) is 2.14. The number of hydrogen-bond donors (Lipinski definition) is 0. The summed E-state index contributed by atoms with van der Waals surface area (Å²) in [6.07, 6.45) is 0. The van der Waals surface area contributed by atoms with E-state index in [-0.39, 0.29) is 11.7 Å². The number of hydrogen-bond acceptors (Lipinski definition) is 2. The lowest BCUT2D eigenvalue weighted by Crippen LogP contribution is -2.34. The number of aliphatic imine (C=N–C) groups is 1. The summed E-state index contributed by atoms with van der Waals surface area (Å²) in [7, 11) is 1.45. The highest BCUT2D eigenvalue weighted by Crippen LogP contribution is 1.92. The maximum Gasteiger partial charge on any atom is 0.329 e. The summed E-state index contributed by atoms with van der Waals surface area (Å²) in [6, 6.07) is 0. The highest BCUT2D eigenvalue weighted by atomic mass is 16.2. The molecule has 4 heteroatoms. The third-order valence-electron chi connectivity index (χ3n) is 1.56. The SMILES string of the molecule is [C-]#[N+]C(=NC)C(=O)N(CC)CC. The van der Waals surface area contributed by atoms with Gasteiger partial charge in [0.25, 0.3) is 5.91 Å². The summed E-state index contributed by atoms with van der Waals surface area (Å²) in [6.45, 7) is 11.7. The van der Waals surface area contributed by atoms with Gasteiger partial charge in [0.1, 0.15) is 7.05 Å². The summed E-state index contributed by atoms with van der Waals surface area (Å²) in [4.78, 5) is 19.5. The van der Waals surface area contributed by atoms with E-state index < -0.39 is 0 Å². The predicted octanol–water partition coefficient (Wildman–Crippen LogP) is 0.802. The van der Waals surface area contributed by atoms with Crippen molar-refractivity contribution >= 4 is 11.7 Å². The molecule has 4 nitrogen and oxygen atoms in total. The van der Waals surface area contributed by atoms with Crippen LogP contribution >= 0.6 is 0 Å². The van der Waals surface area contributed by atoms with Gasteiger partial charge in [-0.2, -0.15) is 4.99 Å². The van der Waals surface area contributed by atoms with E-state index in [2.05, 4.69) is 9.84 Å². The van der Waals surface area contributed by atoms with Crippen molar-refractivity contribution in [3.05, 3.63) is 11.4 Å². The molecule has 0 rings (SSSR count). The molecule has 1 amide bonds. The summed E-state index contributed by atoms with van der Waals surface area (Å²) in [5.74, 6) is -0.323. The van der Waals surface area contributed by atoms with Crippen LogP contribution in [0.25, 0.3) is 4.85 Å². The van der Waals surface area contributed by atoms with Gasteiger partial charge in [-0.15, -0.1) is 0 Å². The summed E-state index contributed by atoms with van der Waals surface area (Å²) in [5.41, 5.74) is 0. The number of rotatable bonds is 2. The van der Waals surface area contributed by atoms with Crippen molar-refractivity contribution in [1.29, 1.82) is 0 Å². The van der Waals surface area contributed by atoms with E-state index in [0.717, 1.165) is 0 Å². The fourth-order valence-electron chi connectivity index (χ4n) is 0.846. The van der Waals surface area contributed by atoms with E-state index >= 15 is 0 Å². The van der Waals surface area contributed by atoms with E-state index in [1.165, 1.54) is 7.05 Å². The normalized spacial score (nSPS) is 10.7. The van der Waals surface area contributed by atoms with Gasteiger partial charge in [-0.05, 0) is 13.8 Å². The minimum Gasteiger partial charge on any atom is -0.357 e. The number of amides is 1. The van der Waals surface area contributed by atoms with E-state index in [1.807, 2.05) is 13.8 Å². The molecule has 0 heterocycles. The zero-order valence-electron chi connectivity index (χ0n) is 7.66. The molecule has 0 aliphatic carbocycles. The quantitative estimate of drug-likeness (QED) is 0.340. The minimum atomic E-state index is -0.280. The largest absolute Gasteiger partial charge is 0.357 e. The standard InChI is InChI=1S/C8H13N3O/c1-5-11(6-2)8(12)7(9-3)10-4/h5-6H2,1-3H3. The average Bonchev–Trinajstić information content (AvgIpc) is 2.09. The van der Waals surface area contributed by atoms with Gasteiger partial charge in [0.15, 0.2) is 0 Å². The molecule has 0 atom stereocenters. The van der Waals surface area contributed by atoms with Crippen LogP contribution in [0.5, 0.6) is 0 Å². The van der Waals surface area contributed by atoms with Crippen LogP contribution in [-0.4, -0.2) is 36.8 Å². The van der Waals surface area contributed by atoms with Gasteiger partial charge in [-0.25, -0.2) is 0 Å². The molecule has 0 radical (unpaired) electrons. The second kappa shape index (κ2) is 5.30. The van der Waals surface area contributed by atoms with Crippen LogP contribution in [0.4, 0.5) is 0 Å². The lowest BCUT2D eigenvalue weighted by Gasteiger charge is -2.17. The summed E-state index contributed by atoms with van der Waals surface area (Å²) >= 11 is 0. The Bertz CT molecular complexity index is 223. The first-order chi connectivity index (χ1) is 5.71. The van der Waals surface area contributed by atoms with E-state index in [4.69, 9.17) is 6.57 Å². The predicted molar refractivity (Wildman–Crippen MR) is 47.9 cm³/mol. The molecule has 0 aromatic rings. The topological polar surface area (TPSA) is 37.0 Å². The molecule has 0 aromatic heterocycles. The molecule has 0 spiro atoms. The second-order valence-electron chi connectivity index (χ2n) is 2.14. The number of amidine groups is 1. The monoisotopic (exact) mass is 167 g/mol. The van der Waals surface area contributed by atoms with Crippen LogP contribution in [0.15, 0.2) is 4.99 Å². The minimum absolute atomic E-state index is 0.0429. The highest BCUT2D eigenvalue weighted by Gasteiger charge is 2.15. The highest BCUT2D eigenvalue weighted by molar-refractivity contribution is 6.41. The molecule has 66 valence electrons. The van der Waals surface area contributed by atoms with Crippen LogP contribution in [-0.2, 0) is 4.79 Å². The van der Waals surface area contributed by atoms with E-state index in [1.54, 1.807) is 4.90 Å². The Hall–Kier alpha value is -1.37. The third kappa shape index (κ3) is 2.35. The van der Waals surface area contributed by atoms with Gasteiger partial charge in [0.05, 0.1) is 0 Å². The Balaban J connectivity index is 4.48. The smallest absolute Gasteiger partial charge is 0.329 e. The molecule has 0 bridgehead atoms. The third-order valence-corrected chi connectivity index (χ3v) is 1.56. The molecule has 0 aliphatic heterocycles. The number of carbonyl (C=O) groups is 1. The Morgan fingerprint density at radius 3 is 2.25 bits per heavy atom. The van der Waals surface area contributed by atoms with Crippen LogP contribution in [0, 0.1) is 6.57 Å². The molecular formula is C8H13N3O. The summed E-state index contributed by atoms with van der Waals surface area (Å²) in [5, 5.41) is 0. The number of nitrogens with zero attached hydrogens (tertiary/aromatic N) is 3. The number of carbonyl (C=O) groups excluding carboxylic acids is 1. The van der Waals surface area contributed by atoms with Crippen molar-refractivity contribution in [2.75, 3.05) is 20.1 Å². The lowest BCUT2D eigenvalue weighted by atomic mass is 10.4. The van der Waals surface area contributed by atoms with Gasteiger partial charge in [-0.1, -0.05) is 6.57 Å². The average molecular weight is 167 g/mol. The van der Waals surface area contributed by atoms with Gasteiger partial charge >= 0.3 is 5.84 Å². The van der Waals surface area contributed by atoms with Crippen LogP contribution in [0.2, 0.25) is 0 Å². The van der Waals surface area contributed by atoms with Crippen molar-refractivity contribution in [3.8, 4) is 0 Å². The molecular weight excluding hydrogens is 154 g/mol. The van der Waals surface area contributed by atoms with Crippen molar-refractivity contribution in [1.82, 2.24) is 4.90 Å². The van der Waals surface area contributed by atoms with Gasteiger partial charge in [-0.3, -0.25) is 4.79 Å². The number of likely N-dealkylation sites (N-methyl/N-ethyl adjacent to an activating group) is 1. The van der Waals surface area contributed by atoms with Crippen molar-refractivity contribution < 1.29 is 4.79 Å². The first-order valence-electron chi connectivity index (χ1n) is 3.84. The Morgan fingerprint density at radius 1 is 1.50 bits per heavy atom. The zero-order chi connectivity index (χ0) is 9.56. The van der Waals surface area contributed by atoms with E-state index in [9.17, 15) is 4.79 Å². The molecule has 0 saturated carbocycles. The van der Waals surface area contributed by atoms with Crippen molar-refractivity contribution in [3.63, 3.8) is 0 Å².